The Kier molecular flexibility index (Phi) is 5.35. The fourth-order valence-electron chi connectivity index (χ4n) is 1.28. The van der Waals surface area contributed by atoms with Crippen LogP contribution >= 0.6 is 15.9 Å². The molecular formula is C12H16BrNO2. The molecule has 0 saturated carbocycles. The van der Waals surface area contributed by atoms with Gasteiger partial charge in [-0.3, -0.25) is 0 Å². The highest BCUT2D eigenvalue weighted by Gasteiger charge is 2.10. The third-order valence-electron chi connectivity index (χ3n) is 2.09. The predicted molar refractivity (Wildman–Crippen MR) is 68.9 cm³/mol. The summed E-state index contributed by atoms with van der Waals surface area (Å²) >= 11 is 3.45. The lowest BCUT2D eigenvalue weighted by Crippen LogP contribution is -2.02. The molecule has 0 spiro atoms. The highest BCUT2D eigenvalue weighted by atomic mass is 79.9. The maximum absolute atomic E-state index is 5.61. The van der Waals surface area contributed by atoms with E-state index < -0.39 is 0 Å². The molecule has 0 radical (unpaired) electrons. The van der Waals surface area contributed by atoms with Gasteiger partial charge in [-0.25, -0.2) is 0 Å². The van der Waals surface area contributed by atoms with Crippen LogP contribution in [0, 0.1) is 0 Å². The highest BCUT2D eigenvalue weighted by molar-refractivity contribution is 9.10. The minimum atomic E-state index is 0.474. The molecule has 4 heteroatoms. The normalized spacial score (nSPS) is 9.94. The molecule has 0 heterocycles. The standard InChI is InChI=1S/C12H16BrNO2/c1-3-4-5-16-12-10(13)6-9(8-14)7-11(12)15-2/h3,6-7H,1,4-5,8,14H2,2H3. The van der Waals surface area contributed by atoms with Crippen molar-refractivity contribution in [1.29, 1.82) is 0 Å². The summed E-state index contributed by atoms with van der Waals surface area (Å²) < 4.78 is 11.7. The third kappa shape index (κ3) is 3.25. The van der Waals surface area contributed by atoms with Gasteiger partial charge in [0.1, 0.15) is 0 Å². The van der Waals surface area contributed by atoms with E-state index in [2.05, 4.69) is 22.5 Å². The van der Waals surface area contributed by atoms with Gasteiger partial charge in [-0.05, 0) is 40.0 Å². The zero-order chi connectivity index (χ0) is 12.0. The summed E-state index contributed by atoms with van der Waals surface area (Å²) in [5, 5.41) is 0. The van der Waals surface area contributed by atoms with Crippen LogP contribution in [0.1, 0.15) is 12.0 Å². The van der Waals surface area contributed by atoms with Crippen molar-refractivity contribution in [1.82, 2.24) is 0 Å². The number of hydrogen-bond donors (Lipinski definition) is 1. The average molecular weight is 286 g/mol. The largest absolute Gasteiger partial charge is 0.493 e. The molecular weight excluding hydrogens is 270 g/mol. The summed E-state index contributed by atoms with van der Waals surface area (Å²) in [6, 6.07) is 3.82. The van der Waals surface area contributed by atoms with E-state index in [0.717, 1.165) is 16.5 Å². The average Bonchev–Trinajstić information content (AvgIpc) is 2.30. The molecule has 1 aromatic rings. The SMILES string of the molecule is C=CCCOc1c(Br)cc(CN)cc1OC. The van der Waals surface area contributed by atoms with E-state index in [1.54, 1.807) is 7.11 Å². The van der Waals surface area contributed by atoms with Crippen LogP contribution in [0.2, 0.25) is 0 Å². The van der Waals surface area contributed by atoms with Crippen LogP contribution in [0.3, 0.4) is 0 Å². The first-order valence-corrected chi connectivity index (χ1v) is 5.82. The summed E-state index contributed by atoms with van der Waals surface area (Å²) in [6.45, 7) is 4.70. The summed E-state index contributed by atoms with van der Waals surface area (Å²) in [4.78, 5) is 0. The molecule has 1 aromatic carbocycles. The lowest BCUT2D eigenvalue weighted by molar-refractivity contribution is 0.298. The van der Waals surface area contributed by atoms with Crippen molar-refractivity contribution in [2.24, 2.45) is 5.73 Å². The summed E-state index contributed by atoms with van der Waals surface area (Å²) in [5.41, 5.74) is 6.58. The zero-order valence-corrected chi connectivity index (χ0v) is 10.9. The van der Waals surface area contributed by atoms with E-state index in [0.29, 0.717) is 24.7 Å². The highest BCUT2D eigenvalue weighted by Crippen LogP contribution is 2.36. The maximum atomic E-state index is 5.61. The third-order valence-corrected chi connectivity index (χ3v) is 2.68. The molecule has 0 bridgehead atoms. The van der Waals surface area contributed by atoms with Crippen molar-refractivity contribution in [3.05, 3.63) is 34.8 Å². The molecule has 88 valence electrons. The molecule has 0 amide bonds. The number of benzene rings is 1. The number of nitrogens with two attached hydrogens (primary N) is 1. The first-order chi connectivity index (χ1) is 7.72. The molecule has 0 atom stereocenters. The Morgan fingerprint density at radius 3 is 2.81 bits per heavy atom. The second-order valence-electron chi connectivity index (χ2n) is 3.24. The molecule has 0 aliphatic carbocycles. The fraction of sp³-hybridized carbons (Fsp3) is 0.333. The Bertz CT molecular complexity index is 366. The van der Waals surface area contributed by atoms with Crippen molar-refractivity contribution >= 4 is 15.9 Å². The number of ether oxygens (including phenoxy) is 2. The van der Waals surface area contributed by atoms with Crippen LogP contribution in [0.4, 0.5) is 0 Å². The molecule has 3 nitrogen and oxygen atoms in total. The minimum absolute atomic E-state index is 0.474. The number of halogens is 1. The summed E-state index contributed by atoms with van der Waals surface area (Å²) in [6.07, 6.45) is 2.61. The van der Waals surface area contributed by atoms with E-state index in [9.17, 15) is 0 Å². The van der Waals surface area contributed by atoms with Gasteiger partial charge in [0.2, 0.25) is 0 Å². The van der Waals surface area contributed by atoms with E-state index in [4.69, 9.17) is 15.2 Å². The molecule has 2 N–H and O–H groups in total. The van der Waals surface area contributed by atoms with Gasteiger partial charge in [0.25, 0.3) is 0 Å². The minimum Gasteiger partial charge on any atom is -0.493 e. The quantitative estimate of drug-likeness (QED) is 0.646. The molecule has 0 saturated heterocycles. The van der Waals surface area contributed by atoms with Crippen LogP contribution in [-0.2, 0) is 6.54 Å². The first kappa shape index (κ1) is 13.1. The van der Waals surface area contributed by atoms with E-state index in [1.807, 2.05) is 18.2 Å². The van der Waals surface area contributed by atoms with Gasteiger partial charge < -0.3 is 15.2 Å². The van der Waals surface area contributed by atoms with Crippen molar-refractivity contribution < 1.29 is 9.47 Å². The van der Waals surface area contributed by atoms with Crippen molar-refractivity contribution in [2.75, 3.05) is 13.7 Å². The van der Waals surface area contributed by atoms with Gasteiger partial charge in [0.15, 0.2) is 11.5 Å². The zero-order valence-electron chi connectivity index (χ0n) is 9.33. The Hall–Kier alpha value is -1.00. The van der Waals surface area contributed by atoms with E-state index >= 15 is 0 Å². The van der Waals surface area contributed by atoms with Gasteiger partial charge >= 0.3 is 0 Å². The van der Waals surface area contributed by atoms with Crippen LogP contribution < -0.4 is 15.2 Å². The Balaban J connectivity index is 2.92. The molecule has 0 aromatic heterocycles. The van der Waals surface area contributed by atoms with Crippen molar-refractivity contribution in [3.8, 4) is 11.5 Å². The predicted octanol–water partition coefficient (Wildman–Crippen LogP) is 2.87. The molecule has 1 rings (SSSR count). The van der Waals surface area contributed by atoms with Crippen LogP contribution in [0.25, 0.3) is 0 Å². The van der Waals surface area contributed by atoms with Crippen LogP contribution in [0.15, 0.2) is 29.3 Å². The topological polar surface area (TPSA) is 44.5 Å². The summed E-state index contributed by atoms with van der Waals surface area (Å²) in [7, 11) is 1.61. The molecule has 16 heavy (non-hydrogen) atoms. The Morgan fingerprint density at radius 1 is 1.50 bits per heavy atom. The van der Waals surface area contributed by atoms with Gasteiger partial charge in [-0.1, -0.05) is 6.08 Å². The van der Waals surface area contributed by atoms with Gasteiger partial charge in [0.05, 0.1) is 18.2 Å². The van der Waals surface area contributed by atoms with Gasteiger partial charge in [-0.15, -0.1) is 6.58 Å². The van der Waals surface area contributed by atoms with E-state index in [-0.39, 0.29) is 0 Å². The second kappa shape index (κ2) is 6.55. The smallest absolute Gasteiger partial charge is 0.175 e. The van der Waals surface area contributed by atoms with Crippen molar-refractivity contribution in [2.45, 2.75) is 13.0 Å². The maximum Gasteiger partial charge on any atom is 0.175 e. The fourth-order valence-corrected chi connectivity index (χ4v) is 1.88. The Morgan fingerprint density at radius 2 is 2.25 bits per heavy atom. The second-order valence-corrected chi connectivity index (χ2v) is 4.09. The molecule has 0 fully saturated rings. The number of hydrogen-bond acceptors (Lipinski definition) is 3. The lowest BCUT2D eigenvalue weighted by atomic mass is 10.2. The molecule has 0 aliphatic heterocycles. The number of methoxy groups -OCH3 is 1. The van der Waals surface area contributed by atoms with E-state index in [1.165, 1.54) is 0 Å². The van der Waals surface area contributed by atoms with Gasteiger partial charge in [-0.2, -0.15) is 0 Å². The number of rotatable bonds is 6. The van der Waals surface area contributed by atoms with Crippen molar-refractivity contribution in [3.63, 3.8) is 0 Å². The molecule has 0 unspecified atom stereocenters. The van der Waals surface area contributed by atoms with Gasteiger partial charge in [0, 0.05) is 6.54 Å². The lowest BCUT2D eigenvalue weighted by Gasteiger charge is -2.13. The summed E-state index contributed by atoms with van der Waals surface area (Å²) in [5.74, 6) is 1.40. The molecule has 0 aliphatic rings. The monoisotopic (exact) mass is 285 g/mol. The van der Waals surface area contributed by atoms with Crippen LogP contribution in [-0.4, -0.2) is 13.7 Å². The first-order valence-electron chi connectivity index (χ1n) is 5.03. The van der Waals surface area contributed by atoms with Crippen LogP contribution in [0.5, 0.6) is 11.5 Å². The Labute approximate surface area is 104 Å².